The third kappa shape index (κ3) is 5.56. The molecule has 1 aromatic carbocycles. The second-order valence-electron chi connectivity index (χ2n) is 13.8. The van der Waals surface area contributed by atoms with Crippen LogP contribution in [0.5, 0.6) is 6.01 Å². The van der Waals surface area contributed by atoms with E-state index in [1.807, 2.05) is 23.1 Å². The number of hydrogen-bond acceptors (Lipinski definition) is 8. The summed E-state index contributed by atoms with van der Waals surface area (Å²) in [6, 6.07) is 8.16. The molecule has 4 aliphatic heterocycles. The lowest BCUT2D eigenvalue weighted by molar-refractivity contribution is 0.0776. The summed E-state index contributed by atoms with van der Waals surface area (Å²) < 4.78 is 28.8. The minimum Gasteiger partial charge on any atom is -0.461 e. The van der Waals surface area contributed by atoms with Gasteiger partial charge in [0, 0.05) is 24.8 Å². The Hall–Kier alpha value is -3.53. The predicted octanol–water partition coefficient (Wildman–Crippen LogP) is 6.94. The molecule has 4 saturated heterocycles. The summed E-state index contributed by atoms with van der Waals surface area (Å²) in [7, 11) is 0. The van der Waals surface area contributed by atoms with E-state index >= 15 is 4.39 Å². The van der Waals surface area contributed by atoms with Gasteiger partial charge in [-0.3, -0.25) is 14.8 Å². The van der Waals surface area contributed by atoms with E-state index < -0.39 is 5.82 Å². The van der Waals surface area contributed by atoms with Gasteiger partial charge in [-0.25, -0.2) is 9.18 Å². The number of rotatable bonds is 10. The molecule has 0 spiro atoms. The molecule has 3 aromatic rings. The second kappa shape index (κ2) is 12.9. The summed E-state index contributed by atoms with van der Waals surface area (Å²) in [5.41, 5.74) is 2.40. The topological polar surface area (TPSA) is 83.9 Å². The Kier molecular flexibility index (Phi) is 8.74. The number of amides is 1. The van der Waals surface area contributed by atoms with Crippen LogP contribution in [-0.4, -0.2) is 87.9 Å². The summed E-state index contributed by atoms with van der Waals surface area (Å²) >= 11 is 0. The van der Waals surface area contributed by atoms with E-state index in [-0.39, 0.29) is 41.2 Å². The Balaban J connectivity index is 1.25. The van der Waals surface area contributed by atoms with Crippen LogP contribution in [0.2, 0.25) is 0 Å². The summed E-state index contributed by atoms with van der Waals surface area (Å²) in [5, 5.41) is 0.564. The molecule has 0 saturated carbocycles. The number of benzene rings is 1. The molecule has 10 heteroatoms. The van der Waals surface area contributed by atoms with Crippen LogP contribution in [0, 0.1) is 5.82 Å². The Morgan fingerprint density at radius 2 is 1.83 bits per heavy atom. The molecular weight excluding hydrogens is 583 g/mol. The molecule has 3 unspecified atom stereocenters. The number of halogens is 1. The number of carbonyl (C=O) groups excluding carboxylic acids is 1. The van der Waals surface area contributed by atoms with Crippen LogP contribution in [0.15, 0.2) is 30.5 Å². The lowest BCUT2D eigenvalue weighted by Crippen LogP contribution is -2.56. The van der Waals surface area contributed by atoms with Crippen molar-refractivity contribution in [3.05, 3.63) is 41.8 Å². The normalized spacial score (nSPS) is 22.8. The van der Waals surface area contributed by atoms with Crippen LogP contribution in [0.3, 0.4) is 0 Å². The van der Waals surface area contributed by atoms with E-state index in [0.717, 1.165) is 69.2 Å². The molecule has 0 radical (unpaired) electrons. The van der Waals surface area contributed by atoms with Crippen LogP contribution in [0.25, 0.3) is 22.2 Å². The van der Waals surface area contributed by atoms with Gasteiger partial charge in [0.25, 0.3) is 0 Å². The minimum atomic E-state index is -0.454. The zero-order valence-electron chi connectivity index (χ0n) is 27.5. The molecule has 9 nitrogen and oxygen atoms in total. The van der Waals surface area contributed by atoms with Gasteiger partial charge in [0.05, 0.1) is 29.6 Å². The maximum absolute atomic E-state index is 16.8. The number of fused-ring (bicyclic) bond motifs is 4. The maximum Gasteiger partial charge on any atom is 0.410 e. The molecule has 4 aliphatic rings. The third-order valence-electron chi connectivity index (χ3n) is 11.0. The molecule has 4 fully saturated rings. The van der Waals surface area contributed by atoms with Crippen molar-refractivity contribution in [2.24, 2.45) is 0 Å². The summed E-state index contributed by atoms with van der Waals surface area (Å²) in [4.78, 5) is 34.1. The number of nitrogens with zero attached hydrogens (tertiary/aromatic N) is 6. The second-order valence-corrected chi connectivity index (χ2v) is 13.8. The average molecular weight is 631 g/mol. The van der Waals surface area contributed by atoms with Crippen molar-refractivity contribution in [1.82, 2.24) is 24.8 Å². The number of carbonyl (C=O) groups is 1. The zero-order chi connectivity index (χ0) is 31.8. The minimum absolute atomic E-state index is 0.00572. The van der Waals surface area contributed by atoms with Gasteiger partial charge in [-0.2, -0.15) is 9.97 Å². The Morgan fingerprint density at radius 1 is 1.09 bits per heavy atom. The number of unbranched alkanes of at least 4 members (excludes halogenated alkanes) is 1. The fraction of sp³-hybridized carbons (Fsp3) is 0.611. The first-order valence-electron chi connectivity index (χ1n) is 17.5. The molecule has 3 atom stereocenters. The zero-order valence-corrected chi connectivity index (χ0v) is 27.5. The van der Waals surface area contributed by atoms with Crippen LogP contribution >= 0.6 is 0 Å². The SMILES string of the molecule is CCCCOC(=O)N1C2CCC1CN(c1nc(OCC34CCCN3CCC4)nc3c(F)c(-c4ccccc4C(C)CC)ncc13)C2. The molecule has 1 amide bonds. The van der Waals surface area contributed by atoms with Gasteiger partial charge in [-0.15, -0.1) is 0 Å². The number of anilines is 1. The van der Waals surface area contributed by atoms with E-state index in [2.05, 4.69) is 36.6 Å². The number of pyridine rings is 1. The predicted molar refractivity (Wildman–Crippen MR) is 177 cm³/mol. The number of hydrogen-bond donors (Lipinski definition) is 0. The van der Waals surface area contributed by atoms with Gasteiger partial charge in [-0.1, -0.05) is 51.5 Å². The van der Waals surface area contributed by atoms with Crippen LogP contribution in [0.1, 0.15) is 90.0 Å². The van der Waals surface area contributed by atoms with Crippen molar-refractivity contribution >= 4 is 22.8 Å². The molecule has 6 heterocycles. The third-order valence-corrected chi connectivity index (χ3v) is 11.0. The van der Waals surface area contributed by atoms with E-state index in [0.29, 0.717) is 43.2 Å². The highest BCUT2D eigenvalue weighted by Gasteiger charge is 2.46. The van der Waals surface area contributed by atoms with Gasteiger partial charge in [0.15, 0.2) is 5.82 Å². The summed E-state index contributed by atoms with van der Waals surface area (Å²) in [6.07, 6.45) is 10.6. The first-order valence-corrected chi connectivity index (χ1v) is 17.5. The molecule has 46 heavy (non-hydrogen) atoms. The Labute approximate surface area is 271 Å². The monoisotopic (exact) mass is 630 g/mol. The molecule has 0 N–H and O–H groups in total. The summed E-state index contributed by atoms with van der Waals surface area (Å²) in [5.74, 6) is 0.425. The standard InChI is InChI=1S/C36H47FN6O3/c1-4-6-19-45-35(44)43-25-13-14-26(43)22-41(21-25)33-29-20-38-31(28-12-8-7-11-27(28)24(3)5-2)30(37)32(29)39-34(40-33)46-23-36-15-9-17-42(36)18-10-16-36/h7-8,11-12,20,24-26H,4-6,9-10,13-19,21-23H2,1-3H3. The van der Waals surface area contributed by atoms with Gasteiger partial charge in [0.2, 0.25) is 0 Å². The lowest BCUT2D eigenvalue weighted by Gasteiger charge is -2.41. The summed E-state index contributed by atoms with van der Waals surface area (Å²) in [6.45, 7) is 10.7. The number of aromatic nitrogens is 3. The Bertz CT molecular complexity index is 1560. The smallest absolute Gasteiger partial charge is 0.410 e. The maximum atomic E-state index is 16.8. The van der Waals surface area contributed by atoms with E-state index in [1.54, 1.807) is 6.20 Å². The van der Waals surface area contributed by atoms with Gasteiger partial charge >= 0.3 is 12.1 Å². The highest BCUT2D eigenvalue weighted by molar-refractivity contribution is 5.92. The van der Waals surface area contributed by atoms with E-state index in [4.69, 9.17) is 24.4 Å². The first kappa shape index (κ1) is 31.1. The quantitative estimate of drug-likeness (QED) is 0.223. The van der Waals surface area contributed by atoms with Gasteiger partial charge in [0.1, 0.15) is 23.6 Å². The first-order chi connectivity index (χ1) is 22.4. The van der Waals surface area contributed by atoms with Gasteiger partial charge < -0.3 is 14.4 Å². The molecular formula is C36H47FN6O3. The molecule has 0 aliphatic carbocycles. The largest absolute Gasteiger partial charge is 0.461 e. The lowest BCUT2D eigenvalue weighted by atomic mass is 9.92. The van der Waals surface area contributed by atoms with Crippen molar-refractivity contribution in [2.75, 3.05) is 44.3 Å². The fourth-order valence-electron chi connectivity index (χ4n) is 8.29. The van der Waals surface area contributed by atoms with Crippen molar-refractivity contribution in [3.8, 4) is 17.3 Å². The van der Waals surface area contributed by atoms with Crippen LogP contribution in [-0.2, 0) is 4.74 Å². The van der Waals surface area contributed by atoms with Crippen molar-refractivity contribution < 1.29 is 18.7 Å². The fourth-order valence-corrected chi connectivity index (χ4v) is 8.29. The van der Waals surface area contributed by atoms with Gasteiger partial charge in [-0.05, 0) is 75.9 Å². The van der Waals surface area contributed by atoms with E-state index in [9.17, 15) is 4.79 Å². The van der Waals surface area contributed by atoms with Crippen LogP contribution in [0.4, 0.5) is 15.0 Å². The van der Waals surface area contributed by atoms with Crippen molar-refractivity contribution in [3.63, 3.8) is 0 Å². The number of piperazine rings is 1. The van der Waals surface area contributed by atoms with Crippen molar-refractivity contribution in [2.45, 2.75) is 102 Å². The molecule has 246 valence electrons. The molecule has 2 aromatic heterocycles. The molecule has 2 bridgehead atoms. The van der Waals surface area contributed by atoms with Crippen LogP contribution < -0.4 is 9.64 Å². The average Bonchev–Trinajstić information content (AvgIpc) is 3.74. The van der Waals surface area contributed by atoms with Crippen molar-refractivity contribution in [1.29, 1.82) is 0 Å². The number of ether oxygens (including phenoxy) is 2. The highest BCUT2D eigenvalue weighted by Crippen LogP contribution is 2.41. The van der Waals surface area contributed by atoms with E-state index in [1.165, 1.54) is 12.8 Å². The molecule has 7 rings (SSSR count). The Morgan fingerprint density at radius 3 is 2.54 bits per heavy atom. The highest BCUT2D eigenvalue weighted by atomic mass is 19.1.